The number of aromatic nitrogens is 2. The van der Waals surface area contributed by atoms with Gasteiger partial charge in [-0.1, -0.05) is 36.4 Å². The van der Waals surface area contributed by atoms with Gasteiger partial charge >= 0.3 is 12.1 Å². The van der Waals surface area contributed by atoms with Gasteiger partial charge in [0.25, 0.3) is 0 Å². The molecular weight excluding hydrogens is 362 g/mol. The molecule has 1 aromatic heterocycles. The van der Waals surface area contributed by atoms with Crippen LogP contribution in [-0.4, -0.2) is 40.5 Å². The van der Waals surface area contributed by atoms with Crippen LogP contribution in [0.2, 0.25) is 0 Å². The molecule has 0 aliphatic carbocycles. The van der Waals surface area contributed by atoms with Gasteiger partial charge < -0.3 is 19.9 Å². The Balaban J connectivity index is 1.72. The Labute approximate surface area is 161 Å². The fourth-order valence-corrected chi connectivity index (χ4v) is 2.96. The molecule has 0 radical (unpaired) electrons. The van der Waals surface area contributed by atoms with Crippen LogP contribution in [0.5, 0.6) is 0 Å². The molecule has 3 rings (SSSR count). The second kappa shape index (κ2) is 9.01. The first-order valence-electron chi connectivity index (χ1n) is 8.72. The number of fused-ring (bicyclic) bond motifs is 1. The molecule has 146 valence electrons. The van der Waals surface area contributed by atoms with Gasteiger partial charge in [0, 0.05) is 11.8 Å². The number of nitrogens with zero attached hydrogens (tertiary/aromatic N) is 1. The Morgan fingerprint density at radius 3 is 2.71 bits per heavy atom. The lowest BCUT2D eigenvalue weighted by atomic mass is 9.98. The minimum absolute atomic E-state index is 0.0867. The van der Waals surface area contributed by atoms with Gasteiger partial charge in [-0.2, -0.15) is 5.10 Å². The zero-order chi connectivity index (χ0) is 19.9. The summed E-state index contributed by atoms with van der Waals surface area (Å²) in [7, 11) is 1.25. The molecule has 1 atom stereocenters. The molecule has 2 aromatic carbocycles. The quantitative estimate of drug-likeness (QED) is 0.538. The molecule has 0 fully saturated rings. The van der Waals surface area contributed by atoms with E-state index in [0.717, 1.165) is 16.5 Å². The van der Waals surface area contributed by atoms with E-state index < -0.39 is 18.1 Å². The molecule has 0 saturated heterocycles. The molecule has 0 aliphatic heterocycles. The number of nitrogens with one attached hydrogen (secondary N) is 2. The van der Waals surface area contributed by atoms with Crippen molar-refractivity contribution in [2.24, 2.45) is 0 Å². The van der Waals surface area contributed by atoms with Gasteiger partial charge in [0.2, 0.25) is 0 Å². The molecule has 8 heteroatoms. The second-order valence-corrected chi connectivity index (χ2v) is 6.18. The number of esters is 1. The number of carbonyl (C=O) groups is 2. The number of methoxy groups -OCH3 is 1. The first-order valence-corrected chi connectivity index (χ1v) is 8.72. The Morgan fingerprint density at radius 2 is 2.00 bits per heavy atom. The highest BCUT2D eigenvalue weighted by Gasteiger charge is 2.24. The number of alkyl carbamates (subject to hydrolysis) is 1. The van der Waals surface area contributed by atoms with Crippen LogP contribution in [-0.2, 0) is 33.9 Å². The van der Waals surface area contributed by atoms with E-state index in [1.54, 1.807) is 18.3 Å². The highest BCUT2D eigenvalue weighted by molar-refractivity contribution is 5.84. The number of H-pyrrole nitrogens is 1. The topological polar surface area (TPSA) is 114 Å². The third-order valence-electron chi connectivity index (χ3n) is 4.41. The number of rotatable bonds is 7. The van der Waals surface area contributed by atoms with Gasteiger partial charge in [-0.3, -0.25) is 5.10 Å². The van der Waals surface area contributed by atoms with Crippen molar-refractivity contribution in [1.82, 2.24) is 15.5 Å². The van der Waals surface area contributed by atoms with E-state index in [1.807, 2.05) is 30.3 Å². The number of aliphatic hydroxyl groups is 1. The number of benzene rings is 2. The number of aromatic amines is 1. The first-order chi connectivity index (χ1) is 13.6. The normalized spacial score (nSPS) is 11.8. The third kappa shape index (κ3) is 4.47. The Bertz CT molecular complexity index is 955. The minimum atomic E-state index is -0.956. The third-order valence-corrected chi connectivity index (χ3v) is 4.41. The summed E-state index contributed by atoms with van der Waals surface area (Å²) in [5.74, 6) is -0.604. The van der Waals surface area contributed by atoms with Crippen LogP contribution in [0.4, 0.5) is 4.79 Å². The summed E-state index contributed by atoms with van der Waals surface area (Å²) in [6, 6.07) is 11.8. The van der Waals surface area contributed by atoms with E-state index in [2.05, 4.69) is 15.5 Å². The van der Waals surface area contributed by atoms with Crippen molar-refractivity contribution >= 4 is 23.0 Å². The van der Waals surface area contributed by atoms with E-state index >= 15 is 0 Å². The monoisotopic (exact) mass is 383 g/mol. The summed E-state index contributed by atoms with van der Waals surface area (Å²) in [6.07, 6.45) is 1.03. The van der Waals surface area contributed by atoms with E-state index in [-0.39, 0.29) is 19.6 Å². The van der Waals surface area contributed by atoms with Gasteiger partial charge in [0.1, 0.15) is 12.6 Å². The molecule has 0 aliphatic rings. The number of carbonyl (C=O) groups excluding carboxylic acids is 2. The van der Waals surface area contributed by atoms with Gasteiger partial charge in [0.05, 0.1) is 25.4 Å². The van der Waals surface area contributed by atoms with Crippen molar-refractivity contribution in [3.05, 3.63) is 65.4 Å². The summed E-state index contributed by atoms with van der Waals surface area (Å²) < 4.78 is 9.99. The van der Waals surface area contributed by atoms with Crippen molar-refractivity contribution in [3.63, 3.8) is 0 Å². The zero-order valence-electron chi connectivity index (χ0n) is 15.3. The average Bonchev–Trinajstić information content (AvgIpc) is 3.20. The summed E-state index contributed by atoms with van der Waals surface area (Å²) in [5.41, 5.74) is 2.95. The molecule has 8 nitrogen and oxygen atoms in total. The predicted octanol–water partition coefficient (Wildman–Crippen LogP) is 2.07. The maximum Gasteiger partial charge on any atom is 0.408 e. The van der Waals surface area contributed by atoms with Crippen molar-refractivity contribution < 1.29 is 24.2 Å². The van der Waals surface area contributed by atoms with E-state index in [4.69, 9.17) is 9.47 Å². The fourth-order valence-electron chi connectivity index (χ4n) is 2.96. The van der Waals surface area contributed by atoms with Gasteiger partial charge in [-0.15, -0.1) is 0 Å². The number of amides is 1. The summed E-state index contributed by atoms with van der Waals surface area (Å²) in [4.78, 5) is 24.3. The molecule has 0 saturated carbocycles. The molecule has 3 aromatic rings. The SMILES string of the molecule is COC(=O)[C@@H](Cc1ccc2[nH]ncc2c1CO)NC(=O)OCc1ccccc1. The maximum absolute atomic E-state index is 12.2. The average molecular weight is 383 g/mol. The largest absolute Gasteiger partial charge is 0.467 e. The van der Waals surface area contributed by atoms with Gasteiger partial charge in [-0.25, -0.2) is 9.59 Å². The Kier molecular flexibility index (Phi) is 6.23. The minimum Gasteiger partial charge on any atom is -0.467 e. The van der Waals surface area contributed by atoms with Crippen LogP contribution in [0.3, 0.4) is 0 Å². The fraction of sp³-hybridized carbons (Fsp3) is 0.250. The van der Waals surface area contributed by atoms with Crippen molar-refractivity contribution in [1.29, 1.82) is 0 Å². The number of aliphatic hydroxyl groups excluding tert-OH is 1. The standard InChI is InChI=1S/C20H21N3O5/c1-27-19(25)18(22-20(26)28-12-13-5-3-2-4-6-13)9-14-7-8-17-15(10-21-23-17)16(14)11-24/h2-8,10,18,24H,9,11-12H2,1H3,(H,21,23)(H,22,26)/t18-/m1/s1. The molecule has 1 heterocycles. The Hall–Kier alpha value is -3.39. The van der Waals surface area contributed by atoms with Gasteiger partial charge in [-0.05, 0) is 22.8 Å². The van der Waals surface area contributed by atoms with Crippen LogP contribution in [0, 0.1) is 0 Å². The molecule has 0 spiro atoms. The number of hydrogen-bond donors (Lipinski definition) is 3. The summed E-state index contributed by atoms with van der Waals surface area (Å²) in [6.45, 7) is -0.137. The number of ether oxygens (including phenoxy) is 2. The summed E-state index contributed by atoms with van der Waals surface area (Å²) in [5, 5.41) is 19.9. The van der Waals surface area contributed by atoms with E-state index in [1.165, 1.54) is 7.11 Å². The van der Waals surface area contributed by atoms with Crippen LogP contribution >= 0.6 is 0 Å². The Morgan fingerprint density at radius 1 is 1.21 bits per heavy atom. The van der Waals surface area contributed by atoms with Crippen LogP contribution < -0.4 is 5.32 Å². The predicted molar refractivity (Wildman–Crippen MR) is 101 cm³/mol. The molecule has 0 bridgehead atoms. The van der Waals surface area contributed by atoms with Gasteiger partial charge in [0.15, 0.2) is 0 Å². The van der Waals surface area contributed by atoms with Crippen LogP contribution in [0.15, 0.2) is 48.7 Å². The highest BCUT2D eigenvalue weighted by atomic mass is 16.6. The molecule has 28 heavy (non-hydrogen) atoms. The maximum atomic E-state index is 12.2. The lowest BCUT2D eigenvalue weighted by Gasteiger charge is -2.18. The molecule has 0 unspecified atom stereocenters. The van der Waals surface area contributed by atoms with Crippen molar-refractivity contribution in [3.8, 4) is 0 Å². The molecule has 1 amide bonds. The van der Waals surface area contributed by atoms with E-state index in [9.17, 15) is 14.7 Å². The second-order valence-electron chi connectivity index (χ2n) is 6.18. The molecule has 3 N–H and O–H groups in total. The van der Waals surface area contributed by atoms with E-state index in [0.29, 0.717) is 11.1 Å². The number of hydrogen-bond acceptors (Lipinski definition) is 6. The smallest absolute Gasteiger partial charge is 0.408 e. The van der Waals surface area contributed by atoms with Crippen LogP contribution in [0.25, 0.3) is 10.9 Å². The van der Waals surface area contributed by atoms with Crippen molar-refractivity contribution in [2.45, 2.75) is 25.7 Å². The van der Waals surface area contributed by atoms with Crippen molar-refractivity contribution in [2.75, 3.05) is 7.11 Å². The summed E-state index contributed by atoms with van der Waals surface area (Å²) >= 11 is 0. The zero-order valence-corrected chi connectivity index (χ0v) is 15.3. The lowest BCUT2D eigenvalue weighted by Crippen LogP contribution is -2.43. The molecular formula is C20H21N3O5. The highest BCUT2D eigenvalue weighted by Crippen LogP contribution is 2.22. The van der Waals surface area contributed by atoms with Crippen LogP contribution in [0.1, 0.15) is 16.7 Å². The lowest BCUT2D eigenvalue weighted by molar-refractivity contribution is -0.143. The first kappa shape index (κ1) is 19.4.